The van der Waals surface area contributed by atoms with Crippen LogP contribution in [0.4, 0.5) is 4.39 Å². The maximum atomic E-state index is 13.5. The molecule has 0 amide bonds. The molecule has 0 saturated carbocycles. The molecule has 112 valence electrons. The smallest absolute Gasteiger partial charge is 0.130 e. The lowest BCUT2D eigenvalue weighted by atomic mass is 9.99. The van der Waals surface area contributed by atoms with E-state index in [1.54, 1.807) is 0 Å². The van der Waals surface area contributed by atoms with E-state index in [9.17, 15) is 4.39 Å². The van der Waals surface area contributed by atoms with E-state index in [2.05, 4.69) is 26.0 Å². The molecule has 0 aliphatic heterocycles. The first-order chi connectivity index (χ1) is 10.1. The standard InChI is InChI=1S/C18H22FNO/c1-3-13(2)15-4-6-17(7-5-15)21-18-11-14(8-9-20)10-16(19)12-18/h4-7,10-13H,3,8-9,20H2,1-2H3. The van der Waals surface area contributed by atoms with E-state index < -0.39 is 0 Å². The summed E-state index contributed by atoms with van der Waals surface area (Å²) < 4.78 is 19.3. The summed E-state index contributed by atoms with van der Waals surface area (Å²) in [5.41, 5.74) is 7.64. The van der Waals surface area contributed by atoms with Crippen LogP contribution in [0.15, 0.2) is 42.5 Å². The molecule has 0 saturated heterocycles. The summed E-state index contributed by atoms with van der Waals surface area (Å²) in [5.74, 6) is 1.46. The predicted octanol–water partition coefficient (Wildman–Crippen LogP) is 4.63. The van der Waals surface area contributed by atoms with Crippen molar-refractivity contribution in [3.8, 4) is 11.5 Å². The van der Waals surface area contributed by atoms with Crippen LogP contribution < -0.4 is 10.5 Å². The molecule has 0 aliphatic carbocycles. The molecular formula is C18H22FNO. The maximum absolute atomic E-state index is 13.5. The molecule has 0 spiro atoms. The van der Waals surface area contributed by atoms with Crippen LogP contribution in [0.1, 0.15) is 37.3 Å². The van der Waals surface area contributed by atoms with Crippen LogP contribution in [0.3, 0.4) is 0 Å². The summed E-state index contributed by atoms with van der Waals surface area (Å²) in [5, 5.41) is 0. The zero-order valence-corrected chi connectivity index (χ0v) is 12.6. The van der Waals surface area contributed by atoms with E-state index >= 15 is 0 Å². The van der Waals surface area contributed by atoms with Crippen molar-refractivity contribution >= 4 is 0 Å². The Morgan fingerprint density at radius 2 is 1.81 bits per heavy atom. The first kappa shape index (κ1) is 15.5. The van der Waals surface area contributed by atoms with Crippen molar-refractivity contribution in [3.05, 3.63) is 59.4 Å². The van der Waals surface area contributed by atoms with Crippen LogP contribution >= 0.6 is 0 Å². The zero-order valence-electron chi connectivity index (χ0n) is 12.6. The topological polar surface area (TPSA) is 35.2 Å². The summed E-state index contributed by atoms with van der Waals surface area (Å²) in [6.45, 7) is 4.86. The minimum Gasteiger partial charge on any atom is -0.457 e. The number of ether oxygens (including phenoxy) is 1. The third-order valence-corrected chi connectivity index (χ3v) is 3.66. The molecule has 21 heavy (non-hydrogen) atoms. The van der Waals surface area contributed by atoms with Gasteiger partial charge in [0.05, 0.1) is 0 Å². The highest BCUT2D eigenvalue weighted by Gasteiger charge is 2.05. The molecule has 0 fully saturated rings. The van der Waals surface area contributed by atoms with Crippen LogP contribution in [0.5, 0.6) is 11.5 Å². The van der Waals surface area contributed by atoms with E-state index in [1.165, 1.54) is 17.7 Å². The van der Waals surface area contributed by atoms with Crippen LogP contribution in [0.2, 0.25) is 0 Å². The number of benzene rings is 2. The van der Waals surface area contributed by atoms with E-state index in [1.807, 2.05) is 18.2 Å². The van der Waals surface area contributed by atoms with Gasteiger partial charge in [0.25, 0.3) is 0 Å². The average molecular weight is 287 g/mol. The Kier molecular flexibility index (Phi) is 5.34. The van der Waals surface area contributed by atoms with Crippen LogP contribution in [0.25, 0.3) is 0 Å². The second kappa shape index (κ2) is 7.23. The third-order valence-electron chi connectivity index (χ3n) is 3.66. The maximum Gasteiger partial charge on any atom is 0.130 e. The Bertz CT molecular complexity index is 580. The van der Waals surface area contributed by atoms with Crippen molar-refractivity contribution in [1.29, 1.82) is 0 Å². The quantitative estimate of drug-likeness (QED) is 0.840. The molecule has 0 heterocycles. The van der Waals surface area contributed by atoms with Crippen molar-refractivity contribution in [3.63, 3.8) is 0 Å². The highest BCUT2D eigenvalue weighted by molar-refractivity contribution is 5.36. The Balaban J connectivity index is 2.14. The number of rotatable bonds is 6. The molecule has 1 unspecified atom stereocenters. The van der Waals surface area contributed by atoms with Gasteiger partial charge >= 0.3 is 0 Å². The molecule has 0 bridgehead atoms. The third kappa shape index (κ3) is 4.30. The largest absolute Gasteiger partial charge is 0.457 e. The monoisotopic (exact) mass is 287 g/mol. The van der Waals surface area contributed by atoms with Gasteiger partial charge < -0.3 is 10.5 Å². The highest BCUT2D eigenvalue weighted by Crippen LogP contribution is 2.26. The van der Waals surface area contributed by atoms with Gasteiger partial charge in [-0.15, -0.1) is 0 Å². The number of nitrogens with two attached hydrogens (primary N) is 1. The molecule has 2 nitrogen and oxygen atoms in total. The van der Waals surface area contributed by atoms with Gasteiger partial charge in [-0.2, -0.15) is 0 Å². The minimum absolute atomic E-state index is 0.299. The molecule has 2 aromatic carbocycles. The van der Waals surface area contributed by atoms with Gasteiger partial charge in [-0.3, -0.25) is 0 Å². The van der Waals surface area contributed by atoms with E-state index in [0.29, 0.717) is 30.4 Å². The normalized spacial score (nSPS) is 12.2. The Hall–Kier alpha value is -1.87. The van der Waals surface area contributed by atoms with Gasteiger partial charge in [0.15, 0.2) is 0 Å². The summed E-state index contributed by atoms with van der Waals surface area (Å²) in [7, 11) is 0. The van der Waals surface area contributed by atoms with Gasteiger partial charge in [-0.1, -0.05) is 26.0 Å². The van der Waals surface area contributed by atoms with E-state index in [0.717, 1.165) is 12.0 Å². The molecule has 2 rings (SSSR count). The van der Waals surface area contributed by atoms with Crippen LogP contribution in [-0.4, -0.2) is 6.54 Å². The molecule has 2 aromatic rings. The Labute approximate surface area is 125 Å². The molecule has 0 radical (unpaired) electrons. The van der Waals surface area contributed by atoms with Gasteiger partial charge in [0.2, 0.25) is 0 Å². The molecule has 3 heteroatoms. The predicted molar refractivity (Wildman–Crippen MR) is 84.4 cm³/mol. The first-order valence-corrected chi connectivity index (χ1v) is 7.39. The van der Waals surface area contributed by atoms with Crippen LogP contribution in [0, 0.1) is 5.82 Å². The fourth-order valence-corrected chi connectivity index (χ4v) is 2.23. The molecule has 0 aliphatic rings. The lowest BCUT2D eigenvalue weighted by Gasteiger charge is -2.11. The van der Waals surface area contributed by atoms with E-state index in [-0.39, 0.29) is 5.82 Å². The minimum atomic E-state index is -0.299. The zero-order chi connectivity index (χ0) is 15.2. The van der Waals surface area contributed by atoms with Gasteiger partial charge in [-0.25, -0.2) is 4.39 Å². The lowest BCUT2D eigenvalue weighted by molar-refractivity contribution is 0.475. The van der Waals surface area contributed by atoms with Crippen molar-refractivity contribution in [1.82, 2.24) is 0 Å². The van der Waals surface area contributed by atoms with Crippen molar-refractivity contribution in [2.45, 2.75) is 32.6 Å². The SMILES string of the molecule is CCC(C)c1ccc(Oc2cc(F)cc(CCN)c2)cc1. The summed E-state index contributed by atoms with van der Waals surface area (Å²) in [4.78, 5) is 0. The number of halogens is 1. The van der Waals surface area contributed by atoms with E-state index in [4.69, 9.17) is 10.5 Å². The molecule has 1 atom stereocenters. The van der Waals surface area contributed by atoms with Crippen LogP contribution in [-0.2, 0) is 6.42 Å². The first-order valence-electron chi connectivity index (χ1n) is 7.39. The van der Waals surface area contributed by atoms with Gasteiger partial charge in [-0.05, 0) is 60.7 Å². The van der Waals surface area contributed by atoms with Crippen molar-refractivity contribution in [2.24, 2.45) is 5.73 Å². The van der Waals surface area contributed by atoms with Crippen molar-refractivity contribution < 1.29 is 9.13 Å². The van der Waals surface area contributed by atoms with Gasteiger partial charge in [0, 0.05) is 6.07 Å². The lowest BCUT2D eigenvalue weighted by Crippen LogP contribution is -2.03. The summed E-state index contributed by atoms with van der Waals surface area (Å²) in [6.07, 6.45) is 1.74. The molecule has 0 aromatic heterocycles. The summed E-state index contributed by atoms with van der Waals surface area (Å²) >= 11 is 0. The number of hydrogen-bond donors (Lipinski definition) is 1. The second-order valence-corrected chi connectivity index (χ2v) is 5.31. The molecule has 2 N–H and O–H groups in total. The average Bonchev–Trinajstić information content (AvgIpc) is 2.47. The van der Waals surface area contributed by atoms with Gasteiger partial charge in [0.1, 0.15) is 17.3 Å². The fraction of sp³-hybridized carbons (Fsp3) is 0.333. The number of hydrogen-bond acceptors (Lipinski definition) is 2. The summed E-state index contributed by atoms with van der Waals surface area (Å²) in [6, 6.07) is 12.7. The Morgan fingerprint density at radius 3 is 2.43 bits per heavy atom. The second-order valence-electron chi connectivity index (χ2n) is 5.31. The molecular weight excluding hydrogens is 265 g/mol. The Morgan fingerprint density at radius 1 is 1.10 bits per heavy atom. The highest BCUT2D eigenvalue weighted by atomic mass is 19.1. The van der Waals surface area contributed by atoms with Crippen molar-refractivity contribution in [2.75, 3.05) is 6.54 Å². The fourth-order valence-electron chi connectivity index (χ4n) is 2.23.